The maximum Gasteiger partial charge on any atom is 0.374 e. The maximum atomic E-state index is 10.9. The molecule has 0 fully saturated rings. The van der Waals surface area contributed by atoms with E-state index in [0.717, 1.165) is 12.8 Å². The highest BCUT2D eigenvalue weighted by molar-refractivity contribution is 6.23. The summed E-state index contributed by atoms with van der Waals surface area (Å²) in [6.45, 7) is 7.08. The molecule has 0 aromatic carbocycles. The first-order valence-electron chi connectivity index (χ1n) is 7.03. The first kappa shape index (κ1) is 35.2. The van der Waals surface area contributed by atoms with Crippen LogP contribution in [0.15, 0.2) is 6.20 Å². The molecule has 1 heterocycles. The number of aryl methyl sites for hydroxylation is 1. The average Bonchev–Trinajstić information content (AvgIpc) is 3.05. The molecule has 1 rings (SSSR count). The molecule has 0 saturated heterocycles. The standard InChI is InChI=1S/C7H10N2O2.C4H6O3.C3H4O2.CH4O.H3N.H2O/c1-3-11-7(10)6-8-4-5(2)9-6;1-2-7-4(6)3-5;1-3(5)2-4;1-2;;/h4H,3H2,1-2H3,(H,8,9);3H,2H2,1H3;2H,1H3;2H,1H3;1H3;1H2. The molecule has 0 aliphatic carbocycles. The van der Waals surface area contributed by atoms with Crippen LogP contribution in [0.1, 0.15) is 37.1 Å². The van der Waals surface area contributed by atoms with Crippen LogP contribution in [0.25, 0.3) is 0 Å². The van der Waals surface area contributed by atoms with Crippen molar-refractivity contribution in [2.75, 3.05) is 20.3 Å². The third kappa shape index (κ3) is 25.4. The van der Waals surface area contributed by atoms with Crippen LogP contribution in [0.4, 0.5) is 0 Å². The first-order chi connectivity index (χ1) is 11.8. The zero-order valence-corrected chi connectivity index (χ0v) is 16.1. The van der Waals surface area contributed by atoms with Gasteiger partial charge in [0.2, 0.25) is 12.1 Å². The SMILES string of the molecule is CC(=O)C=O.CCOC(=O)C=O.CCOC(=O)c1ncc(C)[nH]1.CO.N.O. The van der Waals surface area contributed by atoms with E-state index in [1.54, 1.807) is 20.0 Å². The van der Waals surface area contributed by atoms with Gasteiger partial charge in [-0.25, -0.2) is 14.6 Å². The van der Waals surface area contributed by atoms with Crippen LogP contribution in [0.5, 0.6) is 0 Å². The lowest BCUT2D eigenvalue weighted by atomic mass is 10.5. The van der Waals surface area contributed by atoms with Crippen molar-refractivity contribution >= 4 is 30.3 Å². The molecule has 0 unspecified atom stereocenters. The highest BCUT2D eigenvalue weighted by Gasteiger charge is 2.08. The molecule has 12 nitrogen and oxygen atoms in total. The summed E-state index contributed by atoms with van der Waals surface area (Å²) in [7, 11) is 1.00. The van der Waals surface area contributed by atoms with E-state index >= 15 is 0 Å². The number of ether oxygens (including phenoxy) is 2. The smallest absolute Gasteiger partial charge is 0.374 e. The maximum absolute atomic E-state index is 10.9. The molecule has 1 aromatic rings. The van der Waals surface area contributed by atoms with Crippen LogP contribution in [0.3, 0.4) is 0 Å². The summed E-state index contributed by atoms with van der Waals surface area (Å²) < 4.78 is 8.89. The van der Waals surface area contributed by atoms with Crippen LogP contribution in [-0.4, -0.2) is 71.2 Å². The van der Waals surface area contributed by atoms with E-state index < -0.39 is 17.7 Å². The number of esters is 2. The number of aliphatic hydroxyl groups is 1. The fourth-order valence-corrected chi connectivity index (χ4v) is 0.892. The number of rotatable bonds is 5. The van der Waals surface area contributed by atoms with Crippen molar-refractivity contribution in [2.24, 2.45) is 0 Å². The predicted molar refractivity (Wildman–Crippen MR) is 95.5 cm³/mol. The predicted octanol–water partition coefficient (Wildman–Crippen LogP) is -0.637. The highest BCUT2D eigenvalue weighted by Crippen LogP contribution is 1.96. The van der Waals surface area contributed by atoms with Gasteiger partial charge in [-0.05, 0) is 20.8 Å². The molecule has 0 atom stereocenters. The van der Waals surface area contributed by atoms with Gasteiger partial charge in [0.15, 0.2) is 12.1 Å². The second-order valence-electron chi connectivity index (χ2n) is 3.73. The Labute approximate surface area is 157 Å². The molecule has 1 aromatic heterocycles. The van der Waals surface area contributed by atoms with Crippen molar-refractivity contribution in [1.82, 2.24) is 16.1 Å². The van der Waals surface area contributed by atoms with E-state index in [-0.39, 0.29) is 36.6 Å². The van der Waals surface area contributed by atoms with Crippen molar-refractivity contribution < 1.29 is 44.0 Å². The molecule has 0 aliphatic heterocycles. The Morgan fingerprint density at radius 1 is 1.11 bits per heavy atom. The Morgan fingerprint density at radius 3 is 1.78 bits per heavy atom. The van der Waals surface area contributed by atoms with Crippen molar-refractivity contribution in [3.05, 3.63) is 17.7 Å². The number of aromatic amines is 1. The topological polar surface area (TPSA) is 219 Å². The fraction of sp³-hybridized carbons (Fsp3) is 0.467. The Balaban J connectivity index is -0.0000000887. The van der Waals surface area contributed by atoms with E-state index in [1.165, 1.54) is 6.92 Å². The van der Waals surface area contributed by atoms with Gasteiger partial charge in [-0.1, -0.05) is 0 Å². The lowest BCUT2D eigenvalue weighted by molar-refractivity contribution is -0.148. The van der Waals surface area contributed by atoms with Crippen LogP contribution < -0.4 is 6.15 Å². The van der Waals surface area contributed by atoms with Crippen LogP contribution in [-0.2, 0) is 28.7 Å². The summed E-state index contributed by atoms with van der Waals surface area (Å²) in [5, 5.41) is 7.00. The third-order valence-corrected chi connectivity index (χ3v) is 1.72. The van der Waals surface area contributed by atoms with Gasteiger partial charge >= 0.3 is 11.9 Å². The number of ketones is 1. The lowest BCUT2D eigenvalue weighted by Gasteiger charge is -1.95. The number of hydrogen-bond acceptors (Lipinski definition) is 10. The van der Waals surface area contributed by atoms with Crippen LogP contribution >= 0.6 is 0 Å². The summed E-state index contributed by atoms with van der Waals surface area (Å²) in [6.07, 6.45) is 2.01. The van der Waals surface area contributed by atoms with Crippen molar-refractivity contribution in [1.29, 1.82) is 0 Å². The normalized spacial score (nSPS) is 7.33. The first-order valence-corrected chi connectivity index (χ1v) is 7.03. The molecule has 158 valence electrons. The second-order valence-corrected chi connectivity index (χ2v) is 3.73. The summed E-state index contributed by atoms with van der Waals surface area (Å²) in [5.41, 5.74) is 0.855. The van der Waals surface area contributed by atoms with Gasteiger partial charge in [-0.2, -0.15) is 0 Å². The number of aliphatic hydroxyl groups excluding tert-OH is 1. The van der Waals surface area contributed by atoms with Gasteiger partial charge in [0, 0.05) is 25.9 Å². The van der Waals surface area contributed by atoms with E-state index in [2.05, 4.69) is 14.7 Å². The zero-order valence-electron chi connectivity index (χ0n) is 16.1. The number of aldehydes is 2. The minimum atomic E-state index is -0.803. The number of hydrogen-bond donors (Lipinski definition) is 3. The van der Waals surface area contributed by atoms with Crippen molar-refractivity contribution in [2.45, 2.75) is 27.7 Å². The molecule has 12 heteroatoms. The summed E-state index contributed by atoms with van der Waals surface area (Å²) >= 11 is 0. The molecule has 27 heavy (non-hydrogen) atoms. The lowest BCUT2D eigenvalue weighted by Crippen LogP contribution is -2.06. The zero-order chi connectivity index (χ0) is 20.3. The number of nitrogens with zero attached hydrogens (tertiary/aromatic N) is 1. The number of Topliss-reactive ketones (excluding diaryl/α,β-unsaturated/α-hetero) is 1. The minimum absolute atomic E-state index is 0. The van der Waals surface area contributed by atoms with Gasteiger partial charge in [-0.15, -0.1) is 0 Å². The molecule has 0 radical (unpaired) electrons. The summed E-state index contributed by atoms with van der Waals surface area (Å²) in [5.74, 6) is -1.36. The third-order valence-electron chi connectivity index (χ3n) is 1.72. The Kier molecular flexibility index (Phi) is 33.0. The largest absolute Gasteiger partial charge is 0.460 e. The fourth-order valence-electron chi connectivity index (χ4n) is 0.892. The Hall–Kier alpha value is -2.96. The van der Waals surface area contributed by atoms with E-state index in [0.29, 0.717) is 6.61 Å². The van der Waals surface area contributed by atoms with Crippen molar-refractivity contribution in [3.8, 4) is 0 Å². The second kappa shape index (κ2) is 25.3. The monoisotopic (exact) mass is 395 g/mol. The van der Waals surface area contributed by atoms with Crippen LogP contribution in [0.2, 0.25) is 0 Å². The number of imidazole rings is 1. The molecule has 0 spiro atoms. The van der Waals surface area contributed by atoms with Gasteiger partial charge in [0.1, 0.15) is 0 Å². The molecule has 0 amide bonds. The molecular weight excluding hydrogens is 366 g/mol. The molecular formula is C15H29N3O9. The summed E-state index contributed by atoms with van der Waals surface area (Å²) in [6, 6.07) is 0. The Morgan fingerprint density at radius 2 is 1.56 bits per heavy atom. The number of carbonyl (C=O) groups excluding carboxylic acids is 5. The van der Waals surface area contributed by atoms with Gasteiger partial charge in [0.05, 0.1) is 13.2 Å². The summed E-state index contributed by atoms with van der Waals surface area (Å²) in [4.78, 5) is 55.4. The van der Waals surface area contributed by atoms with Gasteiger partial charge in [-0.3, -0.25) is 14.4 Å². The molecule has 0 bridgehead atoms. The van der Waals surface area contributed by atoms with Crippen molar-refractivity contribution in [3.63, 3.8) is 0 Å². The number of aromatic nitrogens is 2. The van der Waals surface area contributed by atoms with E-state index in [4.69, 9.17) is 14.6 Å². The minimum Gasteiger partial charge on any atom is -0.460 e. The molecule has 7 N–H and O–H groups in total. The van der Waals surface area contributed by atoms with Gasteiger partial charge in [0.25, 0.3) is 0 Å². The van der Waals surface area contributed by atoms with E-state index in [9.17, 15) is 19.2 Å². The van der Waals surface area contributed by atoms with Gasteiger partial charge < -0.3 is 31.2 Å². The quantitative estimate of drug-likeness (QED) is 0.325. The number of H-pyrrole nitrogens is 1. The molecule has 0 saturated carbocycles. The molecule has 0 aliphatic rings. The number of nitrogens with one attached hydrogen (secondary N) is 1. The average molecular weight is 395 g/mol. The Bertz CT molecular complexity index is 530. The van der Waals surface area contributed by atoms with E-state index in [1.807, 2.05) is 6.92 Å². The highest BCUT2D eigenvalue weighted by atomic mass is 16.5. The van der Waals surface area contributed by atoms with Crippen LogP contribution in [0, 0.1) is 6.92 Å². The number of carbonyl (C=O) groups is 5.